The van der Waals surface area contributed by atoms with Crippen LogP contribution in [0, 0.1) is 17.3 Å². The lowest BCUT2D eigenvalue weighted by Gasteiger charge is -2.41. The highest BCUT2D eigenvalue weighted by molar-refractivity contribution is 5.01. The second-order valence-electron chi connectivity index (χ2n) is 5.06. The van der Waals surface area contributed by atoms with Crippen LogP contribution in [0.15, 0.2) is 0 Å². The van der Waals surface area contributed by atoms with Crippen molar-refractivity contribution in [2.75, 3.05) is 0 Å². The molecular weight excluding hydrogens is 168 g/mol. The summed E-state index contributed by atoms with van der Waals surface area (Å²) in [4.78, 5) is 0. The van der Waals surface area contributed by atoms with Gasteiger partial charge in [0.15, 0.2) is 0 Å². The predicted octanol–water partition coefficient (Wildman–Crippen LogP) is 5.23. The van der Waals surface area contributed by atoms with Crippen LogP contribution >= 0.6 is 0 Å². The van der Waals surface area contributed by atoms with Crippen LogP contribution in [0.2, 0.25) is 0 Å². The average molecular weight is 197 g/mol. The molecule has 0 heterocycles. The Morgan fingerprint density at radius 3 is 1.93 bits per heavy atom. The first-order valence-corrected chi connectivity index (χ1v) is 6.33. The zero-order chi connectivity index (χ0) is 11.2. The fraction of sp³-hybridized carbons (Fsp3) is 0.929. The molecule has 85 valence electrons. The van der Waals surface area contributed by atoms with Crippen LogP contribution in [0.5, 0.6) is 0 Å². The van der Waals surface area contributed by atoms with Crippen molar-refractivity contribution in [2.45, 2.75) is 73.6 Å². The second-order valence-corrected chi connectivity index (χ2v) is 5.06. The van der Waals surface area contributed by atoms with Crippen molar-refractivity contribution in [3.8, 4) is 0 Å². The van der Waals surface area contributed by atoms with Gasteiger partial charge in [-0.2, -0.15) is 0 Å². The maximum absolute atomic E-state index is 2.47. The van der Waals surface area contributed by atoms with Crippen molar-refractivity contribution >= 4 is 0 Å². The molecule has 0 N–H and O–H groups in total. The highest BCUT2D eigenvalue weighted by Gasteiger charge is 2.34. The second kappa shape index (κ2) is 6.48. The molecule has 0 aliphatic heterocycles. The summed E-state index contributed by atoms with van der Waals surface area (Å²) in [5.74, 6) is 2.51. The Hall–Kier alpha value is 0. The largest absolute Gasteiger partial charge is 0.0654 e. The summed E-state index contributed by atoms with van der Waals surface area (Å²) in [6.45, 7) is 14.1. The molecule has 0 bridgehead atoms. The maximum atomic E-state index is 2.47. The van der Waals surface area contributed by atoms with Gasteiger partial charge in [-0.05, 0) is 23.7 Å². The number of rotatable bonds is 7. The third-order valence-corrected chi connectivity index (χ3v) is 3.94. The first-order valence-electron chi connectivity index (χ1n) is 6.33. The van der Waals surface area contributed by atoms with Gasteiger partial charge >= 0.3 is 0 Å². The van der Waals surface area contributed by atoms with E-state index < -0.39 is 0 Å². The Labute approximate surface area is 91.5 Å². The van der Waals surface area contributed by atoms with E-state index in [0.717, 1.165) is 5.92 Å². The minimum Gasteiger partial charge on any atom is -0.0654 e. The lowest BCUT2D eigenvalue weighted by molar-refractivity contribution is 0.167. The third kappa shape index (κ3) is 3.29. The molecule has 0 aliphatic carbocycles. The molecular formula is C14H29. The van der Waals surface area contributed by atoms with E-state index in [4.69, 9.17) is 0 Å². The molecule has 0 rings (SSSR count). The van der Waals surface area contributed by atoms with Gasteiger partial charge in [0, 0.05) is 0 Å². The van der Waals surface area contributed by atoms with E-state index >= 15 is 0 Å². The Kier molecular flexibility index (Phi) is 6.48. The molecule has 0 aromatic carbocycles. The lowest BCUT2D eigenvalue weighted by Crippen LogP contribution is -2.31. The van der Waals surface area contributed by atoms with Gasteiger partial charge in [0.25, 0.3) is 0 Å². The molecule has 0 saturated carbocycles. The minimum absolute atomic E-state index is 0.486. The van der Waals surface area contributed by atoms with Crippen LogP contribution in [0.25, 0.3) is 0 Å². The van der Waals surface area contributed by atoms with Crippen molar-refractivity contribution in [2.24, 2.45) is 11.3 Å². The summed E-state index contributed by atoms with van der Waals surface area (Å²) in [5.41, 5.74) is 0.486. The van der Waals surface area contributed by atoms with Crippen LogP contribution in [0.1, 0.15) is 73.6 Å². The molecule has 2 unspecified atom stereocenters. The van der Waals surface area contributed by atoms with Crippen molar-refractivity contribution in [3.63, 3.8) is 0 Å². The Morgan fingerprint density at radius 2 is 1.64 bits per heavy atom. The van der Waals surface area contributed by atoms with E-state index in [1.54, 1.807) is 5.92 Å². The molecule has 0 aromatic rings. The normalized spacial score (nSPS) is 18.2. The highest BCUT2D eigenvalue weighted by atomic mass is 14.4. The van der Waals surface area contributed by atoms with Crippen LogP contribution in [0.3, 0.4) is 0 Å². The summed E-state index contributed by atoms with van der Waals surface area (Å²) in [6.07, 6.45) is 6.70. The van der Waals surface area contributed by atoms with Crippen LogP contribution in [-0.4, -0.2) is 0 Å². The quantitative estimate of drug-likeness (QED) is 0.524. The van der Waals surface area contributed by atoms with Crippen molar-refractivity contribution in [1.82, 2.24) is 0 Å². The van der Waals surface area contributed by atoms with Crippen LogP contribution in [0.4, 0.5) is 0 Å². The van der Waals surface area contributed by atoms with Gasteiger partial charge in [-0.15, -0.1) is 0 Å². The van der Waals surface area contributed by atoms with E-state index in [-0.39, 0.29) is 0 Å². The first-order chi connectivity index (χ1) is 6.52. The van der Waals surface area contributed by atoms with Crippen molar-refractivity contribution in [3.05, 3.63) is 5.92 Å². The highest BCUT2D eigenvalue weighted by Crippen LogP contribution is 2.44. The summed E-state index contributed by atoms with van der Waals surface area (Å²) in [5, 5.41) is 0. The molecule has 0 heteroatoms. The van der Waals surface area contributed by atoms with E-state index in [1.165, 1.54) is 32.1 Å². The molecule has 0 fully saturated rings. The van der Waals surface area contributed by atoms with E-state index in [9.17, 15) is 0 Å². The topological polar surface area (TPSA) is 0 Å². The van der Waals surface area contributed by atoms with Crippen molar-refractivity contribution in [1.29, 1.82) is 0 Å². The fourth-order valence-electron chi connectivity index (χ4n) is 2.70. The van der Waals surface area contributed by atoms with Gasteiger partial charge in [0.2, 0.25) is 0 Å². The average Bonchev–Trinajstić information content (AvgIpc) is 2.14. The molecule has 14 heavy (non-hydrogen) atoms. The Balaban J connectivity index is 4.57. The van der Waals surface area contributed by atoms with Gasteiger partial charge in [0.1, 0.15) is 0 Å². The monoisotopic (exact) mass is 197 g/mol. The third-order valence-electron chi connectivity index (χ3n) is 3.94. The zero-order valence-corrected chi connectivity index (χ0v) is 11.1. The van der Waals surface area contributed by atoms with Gasteiger partial charge in [0.05, 0.1) is 0 Å². The van der Waals surface area contributed by atoms with Gasteiger partial charge in [-0.1, -0.05) is 67.2 Å². The van der Waals surface area contributed by atoms with Crippen molar-refractivity contribution < 1.29 is 0 Å². The SMILES string of the molecule is CCCC(CC)C(C)(CCC)[C](C)C. The van der Waals surface area contributed by atoms with E-state index in [2.05, 4.69) is 41.5 Å². The molecule has 0 aromatic heterocycles. The summed E-state index contributed by atoms with van der Waals surface area (Å²) < 4.78 is 0. The first kappa shape index (κ1) is 14.0. The molecule has 0 amide bonds. The number of hydrogen-bond acceptors (Lipinski definition) is 0. The van der Waals surface area contributed by atoms with Crippen LogP contribution in [-0.2, 0) is 0 Å². The standard InChI is InChI=1S/C14H29/c1-7-10-13(9-3)14(6,11-8-2)12(4)5/h13H,7-11H2,1-6H3. The minimum atomic E-state index is 0.486. The number of hydrogen-bond donors (Lipinski definition) is 0. The summed E-state index contributed by atoms with van der Waals surface area (Å²) >= 11 is 0. The predicted molar refractivity (Wildman–Crippen MR) is 66.3 cm³/mol. The molecule has 0 aliphatic rings. The summed E-state index contributed by atoms with van der Waals surface area (Å²) in [7, 11) is 0. The van der Waals surface area contributed by atoms with E-state index in [0.29, 0.717) is 5.41 Å². The fourth-order valence-corrected chi connectivity index (χ4v) is 2.70. The molecule has 1 radical (unpaired) electrons. The smallest absolute Gasteiger partial charge is 0.0241 e. The zero-order valence-electron chi connectivity index (χ0n) is 11.1. The van der Waals surface area contributed by atoms with Crippen LogP contribution < -0.4 is 0 Å². The summed E-state index contributed by atoms with van der Waals surface area (Å²) in [6, 6.07) is 0. The van der Waals surface area contributed by atoms with E-state index in [1.807, 2.05) is 0 Å². The van der Waals surface area contributed by atoms with Gasteiger partial charge in [-0.25, -0.2) is 0 Å². The molecule has 0 saturated heterocycles. The van der Waals surface area contributed by atoms with Gasteiger partial charge in [-0.3, -0.25) is 0 Å². The van der Waals surface area contributed by atoms with Gasteiger partial charge < -0.3 is 0 Å². The maximum Gasteiger partial charge on any atom is -0.0241 e. The molecule has 0 spiro atoms. The Bertz CT molecular complexity index is 137. The molecule has 0 nitrogen and oxygen atoms in total. The molecule has 2 atom stereocenters. The lowest BCUT2D eigenvalue weighted by atomic mass is 9.64. The Morgan fingerprint density at radius 1 is 1.07 bits per heavy atom.